The van der Waals surface area contributed by atoms with Gasteiger partial charge in [-0.05, 0) is 91.4 Å². The first-order valence-electron chi connectivity index (χ1n) is 17.8. The first-order chi connectivity index (χ1) is 25.5. The zero-order valence-corrected chi connectivity index (χ0v) is 33.4. The van der Waals surface area contributed by atoms with E-state index in [1.165, 1.54) is 39.5 Å². The van der Waals surface area contributed by atoms with Crippen molar-refractivity contribution >= 4 is 64.6 Å². The Bertz CT molecular complexity index is 1120. The van der Waals surface area contributed by atoms with Gasteiger partial charge in [0.1, 0.15) is 53.9 Å². The second-order valence-electron chi connectivity index (χ2n) is 12.6. The van der Waals surface area contributed by atoms with Crippen LogP contribution in [0.4, 0.5) is 0 Å². The van der Waals surface area contributed by atoms with E-state index in [-0.39, 0.29) is 41.9 Å². The molecule has 0 spiro atoms. The quantitative estimate of drug-likeness (QED) is 0.0353. The minimum atomic E-state index is -1.02. The molecule has 4 atom stereocenters. The van der Waals surface area contributed by atoms with Crippen LogP contribution in [0.5, 0.6) is 0 Å². The summed E-state index contributed by atoms with van der Waals surface area (Å²) in [5, 5.41) is 36.7. The van der Waals surface area contributed by atoms with Crippen molar-refractivity contribution in [3.8, 4) is 0 Å². The highest BCUT2D eigenvalue weighted by atomic mass is 32.2. The lowest BCUT2D eigenvalue weighted by molar-refractivity contribution is -0.139. The Kier molecular flexibility index (Phi) is 40.8. The summed E-state index contributed by atoms with van der Waals surface area (Å²) in [5.41, 5.74) is 21.1. The Labute approximate surface area is 327 Å². The van der Waals surface area contributed by atoms with Crippen LogP contribution in [0.3, 0.4) is 0 Å². The number of hydrogen-bond acceptors (Lipinski definition) is 16. The molecule has 0 radical (unpaired) electrons. The molecule has 4 unspecified atom stereocenters. The van der Waals surface area contributed by atoms with Crippen LogP contribution in [0.15, 0.2) is 0 Å². The predicted molar refractivity (Wildman–Crippen MR) is 207 cm³/mol. The number of ketones is 5. The monoisotopic (exact) mass is 811 g/mol. The Morgan fingerprint density at radius 3 is 1.40 bits per heavy atom. The van der Waals surface area contributed by atoms with Crippen LogP contribution in [0.25, 0.3) is 0 Å². The minimum Gasteiger partial charge on any atom is -0.480 e. The van der Waals surface area contributed by atoms with E-state index >= 15 is 0 Å². The van der Waals surface area contributed by atoms with Crippen molar-refractivity contribution in [3.05, 3.63) is 0 Å². The van der Waals surface area contributed by atoms with Gasteiger partial charge in [-0.25, -0.2) is 0 Å². The van der Waals surface area contributed by atoms with Gasteiger partial charge in [0.15, 0.2) is 5.78 Å². The Hall–Kier alpha value is -3.66. The third kappa shape index (κ3) is 50.3. The summed E-state index contributed by atoms with van der Waals surface area (Å²) in [7, 11) is 0. The molecule has 0 amide bonds. The van der Waals surface area contributed by atoms with Gasteiger partial charge in [-0.15, -0.1) is 0 Å². The van der Waals surface area contributed by atoms with Gasteiger partial charge in [-0.3, -0.25) is 43.2 Å². The molecule has 0 aliphatic rings. The summed E-state index contributed by atoms with van der Waals surface area (Å²) in [6.45, 7) is 7.43. The highest BCUT2D eigenvalue weighted by Crippen LogP contribution is 2.06. The lowest BCUT2D eigenvalue weighted by Crippen LogP contribution is -2.30. The summed E-state index contributed by atoms with van der Waals surface area (Å²) in [5.74, 6) is -2.67. The van der Waals surface area contributed by atoms with Gasteiger partial charge >= 0.3 is 23.9 Å². The molecule has 0 rings (SSSR count). The molecule has 0 heterocycles. The number of nitrogens with one attached hydrogen (secondary N) is 1. The number of rotatable bonds is 30. The Morgan fingerprint density at radius 1 is 0.564 bits per heavy atom. The first kappa shape index (κ1) is 58.1. The summed E-state index contributed by atoms with van der Waals surface area (Å²) < 4.78 is 4.93. The minimum absolute atomic E-state index is 0.0228. The highest BCUT2D eigenvalue weighted by molar-refractivity contribution is 7.99. The maximum atomic E-state index is 11.1. The molecule has 320 valence electrons. The number of aliphatic carboxylic acids is 4. The van der Waals surface area contributed by atoms with Crippen molar-refractivity contribution in [3.63, 3.8) is 0 Å². The number of nitrogens with two attached hydrogens (primary N) is 4. The van der Waals surface area contributed by atoms with E-state index in [9.17, 15) is 43.2 Å². The molecule has 0 aromatic rings. The number of hydrogen-bond donors (Lipinski definition) is 9. The topological polar surface area (TPSA) is 360 Å². The SMILES string of the molecule is CC(=O)CC(=O)CCCCC(N)C(=O)O.CC(=O)CNCCCCC(N)C(=O)O.CC(=O)COCCCC(N)C(=O)O.CC(=O)CSCCCC(N)C(=O)O. The van der Waals surface area contributed by atoms with E-state index in [4.69, 9.17) is 48.1 Å². The van der Waals surface area contributed by atoms with Crippen molar-refractivity contribution in [1.82, 2.24) is 5.32 Å². The average Bonchev–Trinajstić information content (AvgIpc) is 3.07. The fourth-order valence-electron chi connectivity index (χ4n) is 3.67. The van der Waals surface area contributed by atoms with Crippen molar-refractivity contribution in [2.45, 2.75) is 129 Å². The van der Waals surface area contributed by atoms with Crippen LogP contribution in [0.2, 0.25) is 0 Å². The number of Topliss-reactive ketones (excluding diaryl/α,β-unsaturated/α-hetero) is 5. The van der Waals surface area contributed by atoms with E-state index in [0.29, 0.717) is 70.3 Å². The van der Waals surface area contributed by atoms with E-state index in [2.05, 4.69) is 5.32 Å². The normalized spacial score (nSPS) is 12.4. The van der Waals surface area contributed by atoms with Crippen LogP contribution in [-0.4, -0.2) is 135 Å². The van der Waals surface area contributed by atoms with E-state index in [1.54, 1.807) is 0 Å². The highest BCUT2D eigenvalue weighted by Gasteiger charge is 2.13. The zero-order valence-electron chi connectivity index (χ0n) is 32.6. The molecule has 0 saturated heterocycles. The van der Waals surface area contributed by atoms with Crippen LogP contribution >= 0.6 is 11.8 Å². The lowest BCUT2D eigenvalue weighted by Gasteiger charge is -2.05. The van der Waals surface area contributed by atoms with Crippen LogP contribution in [0, 0.1) is 0 Å². The van der Waals surface area contributed by atoms with Crippen LogP contribution in [0.1, 0.15) is 105 Å². The van der Waals surface area contributed by atoms with E-state index in [0.717, 1.165) is 31.6 Å². The van der Waals surface area contributed by atoms with Gasteiger partial charge in [0.2, 0.25) is 0 Å². The lowest BCUT2D eigenvalue weighted by atomic mass is 10.1. The van der Waals surface area contributed by atoms with Gasteiger partial charge in [0.25, 0.3) is 0 Å². The molecular weight excluding hydrogens is 746 g/mol. The second kappa shape index (κ2) is 38.6. The molecule has 20 heteroatoms. The largest absolute Gasteiger partial charge is 0.480 e. The third-order valence-corrected chi connectivity index (χ3v) is 7.83. The summed E-state index contributed by atoms with van der Waals surface area (Å²) in [6.07, 6.45) is 6.08. The van der Waals surface area contributed by atoms with Crippen molar-refractivity contribution in [1.29, 1.82) is 0 Å². The average molecular weight is 812 g/mol. The molecule has 55 heavy (non-hydrogen) atoms. The smallest absolute Gasteiger partial charge is 0.320 e. The molecule has 0 aliphatic carbocycles. The summed E-state index contributed by atoms with van der Waals surface area (Å²) >= 11 is 1.52. The number of carboxylic acids is 4. The molecule has 13 N–H and O–H groups in total. The van der Waals surface area contributed by atoms with Gasteiger partial charge in [-0.2, -0.15) is 11.8 Å². The number of carboxylic acid groups (broad SMARTS) is 4. The molecule has 0 fully saturated rings. The number of ether oxygens (including phenoxy) is 1. The van der Waals surface area contributed by atoms with E-state index < -0.39 is 48.0 Å². The number of unbranched alkanes of at least 4 members (excludes halogenated alkanes) is 2. The van der Waals surface area contributed by atoms with Crippen molar-refractivity contribution in [2.24, 2.45) is 22.9 Å². The second-order valence-corrected chi connectivity index (χ2v) is 13.7. The van der Waals surface area contributed by atoms with Crippen molar-refractivity contribution < 1.29 is 68.3 Å². The number of carbonyl (C=O) groups is 9. The molecule has 0 aliphatic heterocycles. The maximum Gasteiger partial charge on any atom is 0.320 e. The number of thioether (sulfide) groups is 1. The van der Waals surface area contributed by atoms with Crippen LogP contribution in [-0.2, 0) is 47.9 Å². The van der Waals surface area contributed by atoms with Gasteiger partial charge < -0.3 is 53.4 Å². The first-order valence-corrected chi connectivity index (χ1v) is 19.0. The fraction of sp³-hybridized carbons (Fsp3) is 0.743. The number of carbonyl (C=O) groups excluding carboxylic acids is 5. The predicted octanol–water partition coefficient (Wildman–Crippen LogP) is 0.539. The van der Waals surface area contributed by atoms with Gasteiger partial charge in [0.05, 0.1) is 18.7 Å². The van der Waals surface area contributed by atoms with Gasteiger partial charge in [0, 0.05) is 13.0 Å². The molecule has 19 nitrogen and oxygen atoms in total. The van der Waals surface area contributed by atoms with Gasteiger partial charge in [-0.1, -0.05) is 12.8 Å². The molecule has 0 bridgehead atoms. The third-order valence-electron chi connectivity index (χ3n) is 6.65. The summed E-state index contributed by atoms with van der Waals surface area (Å²) in [4.78, 5) is 94.3. The fourth-order valence-corrected chi connectivity index (χ4v) is 4.47. The molecule has 0 aromatic carbocycles. The van der Waals surface area contributed by atoms with E-state index in [1.807, 2.05) is 0 Å². The van der Waals surface area contributed by atoms with Crippen LogP contribution < -0.4 is 28.3 Å². The Morgan fingerprint density at radius 2 is 1.00 bits per heavy atom. The molecule has 0 aromatic heterocycles. The molecule has 0 saturated carbocycles. The van der Waals surface area contributed by atoms with Crippen molar-refractivity contribution in [2.75, 3.05) is 37.8 Å². The zero-order chi connectivity index (χ0) is 43.4. The maximum absolute atomic E-state index is 11.1. The standard InChI is InChI=1S/C10H17NO4.C9H18N2O3.C8H15NO4.C8H15NO3S/c1-7(12)6-8(13)4-2-3-5-9(11)10(14)15;1-7(12)6-11-5-3-2-4-8(10)9(13)14;2*1-6(10)5-13-4-2-3-7(9)8(11)12/h9H,2-6,11H2,1H3,(H,14,15);8,11H,2-6,10H2,1H3,(H,13,14);2*7H,2-5,9H2,1H3,(H,11,12). The molecular formula is C35H65N5O14S. The Balaban J connectivity index is -0.000000316. The summed E-state index contributed by atoms with van der Waals surface area (Å²) in [6, 6.07) is -3.21.